The van der Waals surface area contributed by atoms with Crippen molar-refractivity contribution in [2.45, 2.75) is 51.1 Å². The van der Waals surface area contributed by atoms with Gasteiger partial charge in [-0.2, -0.15) is 0 Å². The predicted octanol–water partition coefficient (Wildman–Crippen LogP) is 5.97. The zero-order valence-corrected chi connectivity index (χ0v) is 38.0. The maximum atomic E-state index is 14.1. The first-order valence-corrected chi connectivity index (χ1v) is 23.3. The molecule has 3 aliphatic heterocycles. The molecule has 4 aromatic heterocycles. The van der Waals surface area contributed by atoms with Gasteiger partial charge in [0, 0.05) is 93.5 Å². The summed E-state index contributed by atoms with van der Waals surface area (Å²) in [7, 11) is 1.82. The number of aromatic hydroxyl groups is 1. The monoisotopic (exact) mass is 914 g/mol. The summed E-state index contributed by atoms with van der Waals surface area (Å²) in [4.78, 5) is 69.2. The molecule has 3 aliphatic rings. The molecule has 1 fully saturated rings. The van der Waals surface area contributed by atoms with E-state index in [1.54, 1.807) is 57.2 Å². The van der Waals surface area contributed by atoms with Gasteiger partial charge in [-0.15, -0.1) is 10.2 Å². The number of aromatic nitrogens is 8. The molecule has 7 aromatic rings. The van der Waals surface area contributed by atoms with Gasteiger partial charge in [0.05, 0.1) is 31.4 Å². The van der Waals surface area contributed by atoms with E-state index >= 15 is 0 Å². The van der Waals surface area contributed by atoms with Gasteiger partial charge in [-0.1, -0.05) is 59.0 Å². The van der Waals surface area contributed by atoms with Crippen molar-refractivity contribution in [2.24, 2.45) is 5.92 Å². The molecule has 17 heteroatoms. The Morgan fingerprint density at radius 3 is 2.12 bits per heavy atom. The normalized spacial score (nSPS) is 17.0. The van der Waals surface area contributed by atoms with Crippen LogP contribution in [0.25, 0.3) is 33.0 Å². The highest BCUT2D eigenvalue weighted by Gasteiger charge is 2.31. The molecular formula is C51H54N12O5. The Bertz CT molecular complexity index is 3040. The van der Waals surface area contributed by atoms with Gasteiger partial charge in [-0.3, -0.25) is 28.5 Å². The van der Waals surface area contributed by atoms with Crippen LogP contribution < -0.4 is 0 Å². The Labute approximate surface area is 392 Å². The number of phenols is 1. The Morgan fingerprint density at radius 1 is 0.765 bits per heavy atom. The molecule has 0 bridgehead atoms. The number of aromatic amines is 2. The van der Waals surface area contributed by atoms with Gasteiger partial charge in [-0.05, 0) is 95.8 Å². The number of nitrogens with one attached hydrogen (secondary N) is 2. The summed E-state index contributed by atoms with van der Waals surface area (Å²) in [5.41, 5.74) is 7.52. The number of rotatable bonds is 13. The van der Waals surface area contributed by atoms with Crippen LogP contribution >= 0.6 is 0 Å². The van der Waals surface area contributed by atoms with Crippen molar-refractivity contribution >= 4 is 56.6 Å². The highest BCUT2D eigenvalue weighted by Crippen LogP contribution is 2.31. The smallest absolute Gasteiger partial charge is 0.270 e. The van der Waals surface area contributed by atoms with E-state index in [1.165, 1.54) is 0 Å². The number of hydrogen-bond acceptors (Lipinski definition) is 9. The number of H-pyrrole nitrogens is 2. The second-order valence-corrected chi connectivity index (χ2v) is 18.2. The number of piperidine rings is 1. The average Bonchev–Trinajstić information content (AvgIpc) is 4.22. The van der Waals surface area contributed by atoms with Crippen LogP contribution in [0.1, 0.15) is 75.7 Å². The second-order valence-electron chi connectivity index (χ2n) is 18.2. The fourth-order valence-corrected chi connectivity index (χ4v) is 9.96. The quantitative estimate of drug-likeness (QED) is 0.125. The van der Waals surface area contributed by atoms with Crippen LogP contribution in [-0.2, 0) is 22.7 Å². The zero-order valence-electron chi connectivity index (χ0n) is 38.0. The van der Waals surface area contributed by atoms with Crippen LogP contribution in [0.15, 0.2) is 110 Å². The standard InChI is InChI=1S/C51H54N12O5/c1-58(29-34-6-3-19-60(30-34)51(68)47-28-39-14-11-35(25-45(39)55-47)40-8-4-18-59(31-40)48(65)15-21-62-22-16-52-56-62)50(67)46-27-38-13-12-36(26-44(38)54-46)41-9-5-20-61(32-41)49(66)43(33-63-23-17-53-57-63)37-7-2-10-42(64)24-37/h2,7-14,16-17,22-28,34,43,54-55,64H,3-6,15,18-21,29-33H2,1H3/t34?,43-/m0/s1. The number of phenolic OH excluding ortho intramolecular Hbond substituents is 1. The molecule has 2 atom stereocenters. The van der Waals surface area contributed by atoms with Crippen LogP contribution in [0.4, 0.5) is 0 Å². The third kappa shape index (κ3) is 9.54. The third-order valence-corrected chi connectivity index (χ3v) is 13.5. The second kappa shape index (κ2) is 19.2. The van der Waals surface area contributed by atoms with Crippen LogP contribution in [0.3, 0.4) is 0 Å². The molecule has 7 heterocycles. The molecule has 10 rings (SSSR count). The van der Waals surface area contributed by atoms with E-state index < -0.39 is 5.92 Å². The number of fused-ring (bicyclic) bond motifs is 2. The summed E-state index contributed by atoms with van der Waals surface area (Å²) >= 11 is 0. The molecule has 1 unspecified atom stereocenters. The Balaban J connectivity index is 0.751. The van der Waals surface area contributed by atoms with E-state index in [-0.39, 0.29) is 35.3 Å². The van der Waals surface area contributed by atoms with Crippen LogP contribution in [-0.4, -0.2) is 141 Å². The predicted molar refractivity (Wildman–Crippen MR) is 256 cm³/mol. The molecule has 0 spiro atoms. The Kier molecular flexibility index (Phi) is 12.4. The number of likely N-dealkylation sites (tertiary alicyclic amines) is 1. The molecule has 3 aromatic carbocycles. The summed E-state index contributed by atoms with van der Waals surface area (Å²) in [5.74, 6) is -0.504. The largest absolute Gasteiger partial charge is 0.508 e. The van der Waals surface area contributed by atoms with Gasteiger partial charge in [0.25, 0.3) is 11.8 Å². The number of hydrogen-bond donors (Lipinski definition) is 3. The fourth-order valence-electron chi connectivity index (χ4n) is 9.96. The highest BCUT2D eigenvalue weighted by atomic mass is 16.3. The van der Waals surface area contributed by atoms with Crippen LogP contribution in [0, 0.1) is 5.92 Å². The molecule has 68 heavy (non-hydrogen) atoms. The minimum atomic E-state index is -0.563. The number of carbonyl (C=O) groups is 4. The SMILES string of the molecule is CN(CC1CCCN(C(=O)c2cc3ccc(C4=CCCN(C(=O)CCn5ccnn5)C4)cc3[nH]2)C1)C(=O)c1cc2ccc(C3=CCCN(C(=O)[C@@H](Cn4ccnn4)c4cccc(O)c4)C3)cc2[nH]1. The molecule has 0 radical (unpaired) electrons. The van der Waals surface area contributed by atoms with Gasteiger partial charge in [0.1, 0.15) is 17.1 Å². The topological polar surface area (TPSA) is 194 Å². The number of amides is 4. The molecule has 17 nitrogen and oxygen atoms in total. The van der Waals surface area contributed by atoms with Crippen molar-refractivity contribution in [3.63, 3.8) is 0 Å². The van der Waals surface area contributed by atoms with Gasteiger partial charge < -0.3 is 34.7 Å². The molecule has 4 amide bonds. The van der Waals surface area contributed by atoms with Crippen molar-refractivity contribution < 1.29 is 24.3 Å². The minimum absolute atomic E-state index is 0.0558. The van der Waals surface area contributed by atoms with Crippen LogP contribution in [0.5, 0.6) is 5.75 Å². The zero-order chi connectivity index (χ0) is 46.7. The average molecular weight is 915 g/mol. The van der Waals surface area contributed by atoms with Gasteiger partial charge >= 0.3 is 0 Å². The van der Waals surface area contributed by atoms with E-state index in [1.807, 2.05) is 64.2 Å². The lowest BCUT2D eigenvalue weighted by molar-refractivity contribution is -0.133. The molecular weight excluding hydrogens is 861 g/mol. The summed E-state index contributed by atoms with van der Waals surface area (Å²) in [6, 6.07) is 22.8. The summed E-state index contributed by atoms with van der Waals surface area (Å²) in [6.07, 6.45) is 14.6. The van der Waals surface area contributed by atoms with Crippen molar-refractivity contribution in [3.8, 4) is 5.75 Å². The molecule has 0 saturated carbocycles. The van der Waals surface area contributed by atoms with Crippen LogP contribution in [0.2, 0.25) is 0 Å². The molecule has 3 N–H and O–H groups in total. The molecule has 348 valence electrons. The first-order chi connectivity index (χ1) is 33.1. The van der Waals surface area contributed by atoms with E-state index in [0.29, 0.717) is 88.7 Å². The van der Waals surface area contributed by atoms with Gasteiger partial charge in [0.15, 0.2) is 0 Å². The molecule has 0 aliphatic carbocycles. The van der Waals surface area contributed by atoms with Gasteiger partial charge in [0.2, 0.25) is 11.8 Å². The van der Waals surface area contributed by atoms with E-state index in [2.05, 4.69) is 54.9 Å². The van der Waals surface area contributed by atoms with Gasteiger partial charge in [-0.25, -0.2) is 0 Å². The van der Waals surface area contributed by atoms with E-state index in [9.17, 15) is 24.3 Å². The Morgan fingerprint density at radius 2 is 1.43 bits per heavy atom. The first-order valence-electron chi connectivity index (χ1n) is 23.3. The fraction of sp³-hybridized carbons (Fsp3) is 0.333. The lowest BCUT2D eigenvalue weighted by atomic mass is 9.94. The lowest BCUT2D eigenvalue weighted by Gasteiger charge is -2.34. The number of nitrogens with zero attached hydrogens (tertiary/aromatic N) is 10. The van der Waals surface area contributed by atoms with Crippen molar-refractivity contribution in [3.05, 3.63) is 138 Å². The third-order valence-electron chi connectivity index (χ3n) is 13.5. The highest BCUT2D eigenvalue weighted by molar-refractivity contribution is 6.00. The van der Waals surface area contributed by atoms with E-state index in [0.717, 1.165) is 63.3 Å². The summed E-state index contributed by atoms with van der Waals surface area (Å²) < 4.78 is 3.30. The maximum absolute atomic E-state index is 14.1. The maximum Gasteiger partial charge on any atom is 0.270 e. The van der Waals surface area contributed by atoms with Crippen molar-refractivity contribution in [1.82, 2.24) is 59.6 Å². The minimum Gasteiger partial charge on any atom is -0.508 e. The summed E-state index contributed by atoms with van der Waals surface area (Å²) in [6.45, 7) is 4.68. The van der Waals surface area contributed by atoms with E-state index in [4.69, 9.17) is 0 Å². The lowest BCUT2D eigenvalue weighted by Crippen LogP contribution is -2.44. The number of benzene rings is 3. The molecule has 1 saturated heterocycles. The van der Waals surface area contributed by atoms with Crippen molar-refractivity contribution in [2.75, 3.05) is 52.9 Å². The van der Waals surface area contributed by atoms with Crippen molar-refractivity contribution in [1.29, 1.82) is 0 Å². The first kappa shape index (κ1) is 44.0. The number of aryl methyl sites for hydroxylation is 1. The Hall–Kier alpha value is -7.82. The number of carbonyl (C=O) groups excluding carboxylic acids is 4. The summed E-state index contributed by atoms with van der Waals surface area (Å²) in [5, 5.41) is 27.9.